The summed E-state index contributed by atoms with van der Waals surface area (Å²) in [7, 11) is -3.80. The SMILES string of the molecule is C[C@H]1COCCN1C[C@H]1CN(S(=O)(=O)C2=CC=CCC2=S)CCN1c1ccc(C(C)(O)C(F)(F)F)cc1. The average molecular weight is 560 g/mol. The number of sulfonamides is 1. The Morgan fingerprint density at radius 3 is 2.49 bits per heavy atom. The molecule has 2 heterocycles. The van der Waals surface area contributed by atoms with Crippen molar-refractivity contribution in [3.8, 4) is 0 Å². The molecule has 0 spiro atoms. The molecular formula is C25H32F3N3O4S2. The second-order valence-electron chi connectivity index (χ2n) is 9.83. The largest absolute Gasteiger partial charge is 0.421 e. The molecule has 0 saturated carbocycles. The summed E-state index contributed by atoms with van der Waals surface area (Å²) in [6.45, 7) is 5.96. The van der Waals surface area contributed by atoms with Gasteiger partial charge in [-0.2, -0.15) is 17.5 Å². The Hall–Kier alpha value is -1.83. The first-order chi connectivity index (χ1) is 17.3. The van der Waals surface area contributed by atoms with Crippen LogP contribution in [0.3, 0.4) is 0 Å². The maximum atomic E-state index is 13.5. The molecule has 12 heteroatoms. The van der Waals surface area contributed by atoms with Crippen molar-refractivity contribution in [1.82, 2.24) is 9.21 Å². The lowest BCUT2D eigenvalue weighted by molar-refractivity contribution is -0.258. The van der Waals surface area contributed by atoms with Gasteiger partial charge in [0.1, 0.15) is 0 Å². The van der Waals surface area contributed by atoms with Crippen LogP contribution < -0.4 is 4.90 Å². The van der Waals surface area contributed by atoms with Crippen molar-refractivity contribution >= 4 is 32.8 Å². The van der Waals surface area contributed by atoms with E-state index in [4.69, 9.17) is 17.0 Å². The van der Waals surface area contributed by atoms with Crippen LogP contribution in [0.25, 0.3) is 0 Å². The molecule has 2 aliphatic heterocycles. The van der Waals surface area contributed by atoms with Crippen molar-refractivity contribution < 1.29 is 31.4 Å². The molecule has 1 aromatic carbocycles. The molecule has 0 bridgehead atoms. The number of hydrogen-bond donors (Lipinski definition) is 1. The van der Waals surface area contributed by atoms with Gasteiger partial charge in [0, 0.05) is 55.7 Å². The van der Waals surface area contributed by atoms with Crippen LogP contribution in [0.5, 0.6) is 0 Å². The van der Waals surface area contributed by atoms with E-state index in [1.807, 2.05) is 17.9 Å². The van der Waals surface area contributed by atoms with E-state index in [1.165, 1.54) is 22.5 Å². The van der Waals surface area contributed by atoms with Crippen molar-refractivity contribution in [3.63, 3.8) is 0 Å². The van der Waals surface area contributed by atoms with Gasteiger partial charge in [-0.25, -0.2) is 8.42 Å². The molecule has 3 atom stereocenters. The molecule has 1 N–H and O–H groups in total. The number of hydrogen-bond acceptors (Lipinski definition) is 7. The highest BCUT2D eigenvalue weighted by molar-refractivity contribution is 7.96. The number of anilines is 1. The van der Waals surface area contributed by atoms with Crippen molar-refractivity contribution in [1.29, 1.82) is 0 Å². The maximum Gasteiger partial charge on any atom is 0.421 e. The van der Waals surface area contributed by atoms with E-state index in [1.54, 1.807) is 18.2 Å². The summed E-state index contributed by atoms with van der Waals surface area (Å²) in [4.78, 5) is 4.81. The predicted octanol–water partition coefficient (Wildman–Crippen LogP) is 3.21. The third kappa shape index (κ3) is 5.79. The van der Waals surface area contributed by atoms with Gasteiger partial charge >= 0.3 is 6.18 Å². The second kappa shape index (κ2) is 10.7. The molecule has 204 valence electrons. The van der Waals surface area contributed by atoms with Gasteiger partial charge in [-0.15, -0.1) is 0 Å². The number of alkyl halides is 3. The third-order valence-electron chi connectivity index (χ3n) is 7.29. The smallest absolute Gasteiger partial charge is 0.379 e. The van der Waals surface area contributed by atoms with E-state index in [-0.39, 0.29) is 35.6 Å². The molecule has 0 amide bonds. The Balaban J connectivity index is 1.61. The highest BCUT2D eigenvalue weighted by Gasteiger charge is 2.51. The van der Waals surface area contributed by atoms with Crippen LogP contribution in [-0.2, 0) is 20.4 Å². The summed E-state index contributed by atoms with van der Waals surface area (Å²) in [5, 5.41) is 10.0. The van der Waals surface area contributed by atoms with Crippen molar-refractivity contribution in [3.05, 3.63) is 53.0 Å². The highest BCUT2D eigenvalue weighted by atomic mass is 32.2. The normalized spacial score (nSPS) is 26.2. The van der Waals surface area contributed by atoms with Crippen LogP contribution >= 0.6 is 12.2 Å². The molecule has 1 unspecified atom stereocenters. The number of ether oxygens (including phenoxy) is 1. The average Bonchev–Trinajstić information content (AvgIpc) is 2.85. The fourth-order valence-electron chi connectivity index (χ4n) is 4.88. The molecule has 2 saturated heterocycles. The Labute approximate surface area is 221 Å². The van der Waals surface area contributed by atoms with Crippen molar-refractivity contribution in [2.75, 3.05) is 50.8 Å². The highest BCUT2D eigenvalue weighted by Crippen LogP contribution is 2.39. The second-order valence-corrected chi connectivity index (χ2v) is 12.2. The van der Waals surface area contributed by atoms with Gasteiger partial charge in [-0.1, -0.05) is 36.5 Å². The van der Waals surface area contributed by atoms with E-state index >= 15 is 0 Å². The molecular weight excluding hydrogens is 527 g/mol. The van der Waals surface area contributed by atoms with E-state index < -0.39 is 21.8 Å². The molecule has 0 radical (unpaired) electrons. The van der Waals surface area contributed by atoms with E-state index in [0.717, 1.165) is 6.92 Å². The predicted molar refractivity (Wildman–Crippen MR) is 140 cm³/mol. The van der Waals surface area contributed by atoms with Crippen LogP contribution in [0.1, 0.15) is 25.8 Å². The Bertz CT molecular complexity index is 1170. The number of benzene rings is 1. The quantitative estimate of drug-likeness (QED) is 0.537. The number of nitrogens with zero attached hydrogens (tertiary/aromatic N) is 3. The molecule has 0 aromatic heterocycles. The van der Waals surface area contributed by atoms with Crippen LogP contribution in [0.4, 0.5) is 18.9 Å². The maximum absolute atomic E-state index is 13.5. The molecule has 4 rings (SSSR count). The first-order valence-electron chi connectivity index (χ1n) is 12.2. The van der Waals surface area contributed by atoms with Crippen LogP contribution in [0.2, 0.25) is 0 Å². The van der Waals surface area contributed by atoms with Gasteiger partial charge in [0.25, 0.3) is 0 Å². The topological polar surface area (TPSA) is 73.3 Å². The molecule has 37 heavy (non-hydrogen) atoms. The minimum atomic E-state index is -4.81. The minimum Gasteiger partial charge on any atom is -0.379 e. The summed E-state index contributed by atoms with van der Waals surface area (Å²) in [5.41, 5.74) is -2.56. The zero-order chi connectivity index (χ0) is 27.0. The number of morpholine rings is 1. The Morgan fingerprint density at radius 1 is 1.16 bits per heavy atom. The van der Waals surface area contributed by atoms with E-state index in [2.05, 4.69) is 4.90 Å². The minimum absolute atomic E-state index is 0.144. The van der Waals surface area contributed by atoms with Gasteiger partial charge in [-0.05, 0) is 37.6 Å². The molecule has 7 nitrogen and oxygen atoms in total. The fraction of sp³-hybridized carbons (Fsp3) is 0.560. The molecule has 3 aliphatic rings. The first kappa shape index (κ1) is 28.2. The monoisotopic (exact) mass is 559 g/mol. The van der Waals surface area contributed by atoms with Gasteiger partial charge in [0.2, 0.25) is 10.0 Å². The van der Waals surface area contributed by atoms with Crippen molar-refractivity contribution in [2.45, 2.75) is 44.1 Å². The number of halogens is 3. The zero-order valence-electron chi connectivity index (χ0n) is 20.8. The first-order valence-corrected chi connectivity index (χ1v) is 14.1. The number of aliphatic hydroxyl groups is 1. The standard InChI is InChI=1S/C25H32F3N3O4S2/c1-18-17-35-14-13-29(18)15-21-16-30(37(33,34)23-6-4-3-5-22(23)36)11-12-31(21)20-9-7-19(8-10-20)24(2,32)25(26,27)28/h3-4,6-10,18,21,32H,5,11-17H2,1-2H3/t18-,21-,24?/m0/s1. The molecule has 1 aliphatic carbocycles. The van der Waals surface area contributed by atoms with Crippen molar-refractivity contribution in [2.24, 2.45) is 0 Å². The van der Waals surface area contributed by atoms with Crippen LogP contribution in [0.15, 0.2) is 47.4 Å². The third-order valence-corrected chi connectivity index (χ3v) is 9.75. The Kier molecular flexibility index (Phi) is 8.18. The summed E-state index contributed by atoms with van der Waals surface area (Å²) in [6, 6.07) is 5.55. The van der Waals surface area contributed by atoms with Gasteiger partial charge < -0.3 is 14.7 Å². The Morgan fingerprint density at radius 2 is 1.86 bits per heavy atom. The summed E-state index contributed by atoms with van der Waals surface area (Å²) < 4.78 is 73.9. The molecule has 2 fully saturated rings. The molecule has 1 aromatic rings. The zero-order valence-corrected chi connectivity index (χ0v) is 22.4. The number of thiocarbonyl (C=S) groups is 1. The van der Waals surface area contributed by atoms with Crippen LogP contribution in [0, 0.1) is 0 Å². The van der Waals surface area contributed by atoms with Gasteiger partial charge in [-0.3, -0.25) is 4.90 Å². The summed E-state index contributed by atoms with van der Waals surface area (Å²) in [5.74, 6) is 0. The van der Waals surface area contributed by atoms with Crippen LogP contribution in [-0.4, -0.2) is 91.8 Å². The van der Waals surface area contributed by atoms with Gasteiger partial charge in [0.15, 0.2) is 5.60 Å². The number of allylic oxidation sites excluding steroid dienone is 4. The van der Waals surface area contributed by atoms with E-state index in [0.29, 0.717) is 49.8 Å². The van der Waals surface area contributed by atoms with Gasteiger partial charge in [0.05, 0.1) is 24.2 Å². The number of rotatable bonds is 6. The summed E-state index contributed by atoms with van der Waals surface area (Å²) in [6.07, 6.45) is 0.652. The number of piperazine rings is 1. The van der Waals surface area contributed by atoms with E-state index in [9.17, 15) is 26.7 Å². The lowest BCUT2D eigenvalue weighted by atomic mass is 9.95. The fourth-order valence-corrected chi connectivity index (χ4v) is 6.95. The lowest BCUT2D eigenvalue weighted by Crippen LogP contribution is -2.60. The summed E-state index contributed by atoms with van der Waals surface area (Å²) >= 11 is 5.33. The lowest BCUT2D eigenvalue weighted by Gasteiger charge is -2.46.